The van der Waals surface area contributed by atoms with E-state index in [-0.39, 0.29) is 24.5 Å². The van der Waals surface area contributed by atoms with Crippen molar-refractivity contribution in [2.75, 3.05) is 13.2 Å². The van der Waals surface area contributed by atoms with E-state index in [2.05, 4.69) is 4.72 Å². The molecular weight excluding hydrogens is 354 g/mol. The Morgan fingerprint density at radius 1 is 1.12 bits per heavy atom. The fourth-order valence-corrected chi connectivity index (χ4v) is 3.32. The minimum absolute atomic E-state index is 0.0256. The van der Waals surface area contributed by atoms with Gasteiger partial charge in [-0.05, 0) is 43.7 Å². The van der Waals surface area contributed by atoms with Crippen LogP contribution in [0.1, 0.15) is 24.5 Å². The molecule has 0 aliphatic heterocycles. The maximum absolute atomic E-state index is 12.2. The van der Waals surface area contributed by atoms with E-state index in [9.17, 15) is 13.2 Å². The van der Waals surface area contributed by atoms with E-state index in [4.69, 9.17) is 9.47 Å². The zero-order valence-electron chi connectivity index (χ0n) is 14.9. The zero-order valence-corrected chi connectivity index (χ0v) is 15.7. The van der Waals surface area contributed by atoms with Crippen LogP contribution in [0, 0.1) is 6.92 Å². The summed E-state index contributed by atoms with van der Waals surface area (Å²) in [6.07, 6.45) is -0.0396. The molecule has 2 rings (SSSR count). The third-order valence-corrected chi connectivity index (χ3v) is 5.03. The highest BCUT2D eigenvalue weighted by Crippen LogP contribution is 2.15. The molecular formula is C19H23NO5S. The van der Waals surface area contributed by atoms with E-state index in [1.807, 2.05) is 38.1 Å². The molecule has 6 nitrogen and oxygen atoms in total. The highest BCUT2D eigenvalue weighted by molar-refractivity contribution is 7.89. The van der Waals surface area contributed by atoms with E-state index in [1.165, 1.54) is 12.1 Å². The van der Waals surface area contributed by atoms with Crippen LogP contribution in [-0.2, 0) is 26.2 Å². The zero-order chi connectivity index (χ0) is 19.0. The minimum Gasteiger partial charge on any atom is -0.494 e. The molecule has 0 spiro atoms. The third kappa shape index (κ3) is 6.16. The van der Waals surface area contributed by atoms with Crippen LogP contribution in [0.3, 0.4) is 0 Å². The van der Waals surface area contributed by atoms with Crippen LogP contribution < -0.4 is 9.46 Å². The van der Waals surface area contributed by atoms with Crippen LogP contribution >= 0.6 is 0 Å². The van der Waals surface area contributed by atoms with E-state index in [1.54, 1.807) is 12.1 Å². The van der Waals surface area contributed by atoms with Gasteiger partial charge in [0.25, 0.3) is 0 Å². The molecule has 0 heterocycles. The molecule has 2 aromatic carbocycles. The molecule has 0 aliphatic rings. The normalized spacial score (nSPS) is 11.2. The van der Waals surface area contributed by atoms with Crippen LogP contribution in [0.25, 0.3) is 0 Å². The first-order valence-corrected chi connectivity index (χ1v) is 9.82. The van der Waals surface area contributed by atoms with Crippen molar-refractivity contribution in [1.82, 2.24) is 4.72 Å². The van der Waals surface area contributed by atoms with Gasteiger partial charge in [0.05, 0.1) is 17.9 Å². The van der Waals surface area contributed by atoms with Gasteiger partial charge < -0.3 is 9.47 Å². The maximum atomic E-state index is 12.2. The van der Waals surface area contributed by atoms with Crippen molar-refractivity contribution in [3.63, 3.8) is 0 Å². The fraction of sp³-hybridized carbons (Fsp3) is 0.316. The predicted octanol–water partition coefficient (Wildman–Crippen LogP) is 2.81. The summed E-state index contributed by atoms with van der Waals surface area (Å²) in [5, 5.41) is 0. The molecule has 0 atom stereocenters. The number of carbonyl (C=O) groups is 1. The maximum Gasteiger partial charge on any atom is 0.307 e. The lowest BCUT2D eigenvalue weighted by atomic mass is 10.1. The molecule has 140 valence electrons. The summed E-state index contributed by atoms with van der Waals surface area (Å²) < 4.78 is 37.2. The highest BCUT2D eigenvalue weighted by atomic mass is 32.2. The first-order valence-electron chi connectivity index (χ1n) is 8.34. The van der Waals surface area contributed by atoms with Crippen molar-refractivity contribution in [1.29, 1.82) is 0 Å². The third-order valence-electron chi connectivity index (χ3n) is 3.55. The standard InChI is InChI=1S/C19H23NO5S/c1-3-24-17-7-9-18(10-8-17)26(22,23)20-12-11-19(21)25-14-16-6-4-5-15(2)13-16/h4-10,13,20H,3,11-12,14H2,1-2H3. The lowest BCUT2D eigenvalue weighted by molar-refractivity contribution is -0.144. The summed E-state index contributed by atoms with van der Waals surface area (Å²) in [6.45, 7) is 4.47. The van der Waals surface area contributed by atoms with Crippen LogP contribution in [0.2, 0.25) is 0 Å². The number of hydrogen-bond acceptors (Lipinski definition) is 5. The van der Waals surface area contributed by atoms with Crippen molar-refractivity contribution in [3.05, 3.63) is 59.7 Å². The molecule has 7 heteroatoms. The lowest BCUT2D eigenvalue weighted by Gasteiger charge is -2.09. The van der Waals surface area contributed by atoms with Crippen LogP contribution in [0.4, 0.5) is 0 Å². The Hall–Kier alpha value is -2.38. The number of hydrogen-bond donors (Lipinski definition) is 1. The van der Waals surface area contributed by atoms with Gasteiger partial charge >= 0.3 is 5.97 Å². The Balaban J connectivity index is 1.79. The molecule has 0 bridgehead atoms. The number of rotatable bonds is 9. The Bertz CT molecular complexity index is 831. The Morgan fingerprint density at radius 3 is 2.50 bits per heavy atom. The van der Waals surface area contributed by atoms with Gasteiger partial charge in [-0.25, -0.2) is 13.1 Å². The van der Waals surface area contributed by atoms with Gasteiger partial charge in [-0.15, -0.1) is 0 Å². The van der Waals surface area contributed by atoms with Gasteiger partial charge in [-0.3, -0.25) is 4.79 Å². The first kappa shape index (κ1) is 19.9. The number of esters is 1. The summed E-state index contributed by atoms with van der Waals surface area (Å²) in [4.78, 5) is 11.9. The van der Waals surface area contributed by atoms with E-state index in [0.29, 0.717) is 12.4 Å². The predicted molar refractivity (Wildman–Crippen MR) is 98.4 cm³/mol. The molecule has 0 radical (unpaired) electrons. The smallest absolute Gasteiger partial charge is 0.307 e. The monoisotopic (exact) mass is 377 g/mol. The first-order chi connectivity index (χ1) is 12.4. The second-order valence-electron chi connectivity index (χ2n) is 5.70. The van der Waals surface area contributed by atoms with Gasteiger partial charge in [-0.1, -0.05) is 29.8 Å². The fourth-order valence-electron chi connectivity index (χ4n) is 2.29. The summed E-state index contributed by atoms with van der Waals surface area (Å²) >= 11 is 0. The van der Waals surface area contributed by atoms with Crippen molar-refractivity contribution in [2.45, 2.75) is 31.8 Å². The Morgan fingerprint density at radius 2 is 1.85 bits per heavy atom. The number of nitrogens with one attached hydrogen (secondary N) is 1. The van der Waals surface area contributed by atoms with Crippen LogP contribution in [0.15, 0.2) is 53.4 Å². The van der Waals surface area contributed by atoms with Gasteiger partial charge in [0.2, 0.25) is 10.0 Å². The summed E-state index contributed by atoms with van der Waals surface area (Å²) in [6, 6.07) is 13.8. The Kier molecular flexibility index (Phi) is 7.17. The largest absolute Gasteiger partial charge is 0.494 e. The number of aryl methyl sites for hydroxylation is 1. The molecule has 0 amide bonds. The average Bonchev–Trinajstić information content (AvgIpc) is 2.61. The van der Waals surface area contributed by atoms with Gasteiger partial charge in [0.15, 0.2) is 0 Å². The van der Waals surface area contributed by atoms with Crippen molar-refractivity contribution in [2.24, 2.45) is 0 Å². The number of sulfonamides is 1. The second kappa shape index (κ2) is 9.35. The van der Waals surface area contributed by atoms with Crippen molar-refractivity contribution in [3.8, 4) is 5.75 Å². The van der Waals surface area contributed by atoms with Crippen LogP contribution in [0.5, 0.6) is 5.75 Å². The molecule has 0 aliphatic carbocycles. The van der Waals surface area contributed by atoms with Gasteiger partial charge in [0, 0.05) is 6.54 Å². The average molecular weight is 377 g/mol. The molecule has 0 unspecified atom stereocenters. The quantitative estimate of drug-likeness (QED) is 0.680. The van der Waals surface area contributed by atoms with Crippen LogP contribution in [-0.4, -0.2) is 27.5 Å². The molecule has 0 saturated carbocycles. The molecule has 26 heavy (non-hydrogen) atoms. The van der Waals surface area contributed by atoms with Gasteiger partial charge in [0.1, 0.15) is 12.4 Å². The summed E-state index contributed by atoms with van der Waals surface area (Å²) in [5.41, 5.74) is 1.98. The van der Waals surface area contributed by atoms with Crippen molar-refractivity contribution >= 4 is 16.0 Å². The summed E-state index contributed by atoms with van der Waals surface area (Å²) in [5.74, 6) is 0.145. The van der Waals surface area contributed by atoms with Gasteiger partial charge in [-0.2, -0.15) is 0 Å². The van der Waals surface area contributed by atoms with E-state index < -0.39 is 16.0 Å². The van der Waals surface area contributed by atoms with E-state index >= 15 is 0 Å². The molecule has 0 saturated heterocycles. The highest BCUT2D eigenvalue weighted by Gasteiger charge is 2.14. The minimum atomic E-state index is -3.67. The molecule has 0 aromatic heterocycles. The molecule has 1 N–H and O–H groups in total. The lowest BCUT2D eigenvalue weighted by Crippen LogP contribution is -2.26. The second-order valence-corrected chi connectivity index (χ2v) is 7.47. The van der Waals surface area contributed by atoms with Crippen molar-refractivity contribution < 1.29 is 22.7 Å². The SMILES string of the molecule is CCOc1ccc(S(=O)(=O)NCCC(=O)OCc2cccc(C)c2)cc1. The summed E-state index contributed by atoms with van der Waals surface area (Å²) in [7, 11) is -3.67. The molecule has 0 fully saturated rings. The molecule has 2 aromatic rings. The number of ether oxygens (including phenoxy) is 2. The van der Waals surface area contributed by atoms with E-state index in [0.717, 1.165) is 11.1 Å². The number of benzene rings is 2. The topological polar surface area (TPSA) is 81.7 Å². The number of carbonyl (C=O) groups excluding carboxylic acids is 1. The Labute approximate surface area is 154 Å².